The van der Waals surface area contributed by atoms with Gasteiger partial charge in [-0.1, -0.05) is 112 Å². The van der Waals surface area contributed by atoms with Crippen LogP contribution in [0.5, 0.6) is 0 Å². The highest BCUT2D eigenvalue weighted by atomic mass is 35.5. The van der Waals surface area contributed by atoms with Gasteiger partial charge in [0.05, 0.1) is 43.1 Å². The van der Waals surface area contributed by atoms with Gasteiger partial charge in [0.15, 0.2) is 0 Å². The summed E-state index contributed by atoms with van der Waals surface area (Å²) in [4.78, 5) is 204. The van der Waals surface area contributed by atoms with E-state index in [9.17, 15) is 65.1 Å². The summed E-state index contributed by atoms with van der Waals surface area (Å²) in [5, 5.41) is 7.49. The molecule has 26 nitrogen and oxygen atoms in total. The van der Waals surface area contributed by atoms with Crippen molar-refractivity contribution in [3.05, 3.63) is 34.3 Å². The first-order valence-corrected chi connectivity index (χ1v) is 37.6. The number of benzene rings is 1. The molecule has 1 saturated carbocycles. The van der Waals surface area contributed by atoms with Gasteiger partial charge in [0.25, 0.3) is 5.92 Å². The van der Waals surface area contributed by atoms with E-state index >= 15 is 19.2 Å². The van der Waals surface area contributed by atoms with Gasteiger partial charge >= 0.3 is 6.18 Å². The van der Waals surface area contributed by atoms with E-state index in [-0.39, 0.29) is 36.7 Å². The standard InChI is InChI=1S/C74H115ClF5N13O13/c1-17-47(8)63-70(104)86(11)42-60(97)84(9)43-61(98)88(13)55(38-48-24-20-18-21-25-48)68(102)85(10)41-57(94)81-52(29-27-49-26-28-50(51(75)37-49)74(78,79)80)67(101)89(14)54(39-59(96)92-34-30-73(76,77)31-35-92)66(100)82-62(45(4)5)71(105)91(16)64(46(6)7)72(106)90(15)56(69(103)93-32-22-19-23-33-93)40-58(95)87(12)53(36-44(2)3)65(99)83-63/h26,28,37,44-48,52-56,62-64H,17-25,27,29-36,38-43H2,1-16H3,(H,81,94)(H,82,100)(H,83,99)/t47-,52-,53-,54-,55-,56-,62-,63-,64+/m0/s1. The summed E-state index contributed by atoms with van der Waals surface area (Å²) >= 11 is 6.14. The van der Waals surface area contributed by atoms with E-state index in [2.05, 4.69) is 16.0 Å². The number of nitrogens with zero attached hydrogens (tertiary/aromatic N) is 10. The van der Waals surface area contributed by atoms with E-state index in [1.807, 2.05) is 13.8 Å². The van der Waals surface area contributed by atoms with Gasteiger partial charge < -0.3 is 64.9 Å². The van der Waals surface area contributed by atoms with E-state index < -0.39 is 230 Å². The highest BCUT2D eigenvalue weighted by Crippen LogP contribution is 2.36. The highest BCUT2D eigenvalue weighted by molar-refractivity contribution is 6.31. The number of rotatable bonds is 14. The Morgan fingerprint density at radius 3 is 1.69 bits per heavy atom. The second-order valence-corrected chi connectivity index (χ2v) is 31.1. The van der Waals surface area contributed by atoms with Crippen LogP contribution in [0, 0.1) is 29.6 Å². The Labute approximate surface area is 626 Å². The Balaban J connectivity index is 1.68. The molecule has 1 aromatic carbocycles. The predicted molar refractivity (Wildman–Crippen MR) is 386 cm³/mol. The van der Waals surface area contributed by atoms with E-state index in [0.29, 0.717) is 45.2 Å². The molecule has 3 heterocycles. The number of aryl methyl sites for hydroxylation is 1. The molecule has 5 rings (SSSR count). The lowest BCUT2D eigenvalue weighted by Crippen LogP contribution is -2.62. The summed E-state index contributed by atoms with van der Waals surface area (Å²) in [6.45, 7) is 11.4. The quantitative estimate of drug-likeness (QED) is 0.189. The fourth-order valence-corrected chi connectivity index (χ4v) is 14.6. The van der Waals surface area contributed by atoms with Crippen molar-refractivity contribution < 1.29 is 84.3 Å². The zero-order chi connectivity index (χ0) is 79.7. The largest absolute Gasteiger partial charge is 0.417 e. The second-order valence-electron chi connectivity index (χ2n) is 30.7. The van der Waals surface area contributed by atoms with Crippen LogP contribution in [-0.2, 0) is 74.9 Å². The molecule has 13 amide bonds. The first-order valence-electron chi connectivity index (χ1n) is 37.2. The topological polar surface area (TPSA) is 290 Å². The first-order chi connectivity index (χ1) is 49.4. The maximum absolute atomic E-state index is 15.4. The van der Waals surface area contributed by atoms with Crippen molar-refractivity contribution in [3.63, 3.8) is 0 Å². The molecule has 1 aliphatic carbocycles. The smallest absolute Gasteiger partial charge is 0.343 e. The Morgan fingerprint density at radius 2 is 1.13 bits per heavy atom. The molecule has 3 saturated heterocycles. The number of likely N-dealkylation sites (N-methyl/N-ethyl adjacent to an activating group) is 8. The number of hydrogen-bond donors (Lipinski definition) is 3. The van der Waals surface area contributed by atoms with Crippen LogP contribution >= 0.6 is 11.6 Å². The number of carbonyl (C=O) groups is 13. The third kappa shape index (κ3) is 24.1. The fraction of sp³-hybridized carbons (Fsp3) is 0.743. The highest BCUT2D eigenvalue weighted by Gasteiger charge is 2.46. The number of carbonyl (C=O) groups excluding carboxylic acids is 13. The fourth-order valence-electron chi connectivity index (χ4n) is 14.3. The molecule has 4 fully saturated rings. The second kappa shape index (κ2) is 39.4. The Hall–Kier alpha value is -7.73. The molecule has 3 aliphatic heterocycles. The average molecular weight is 1530 g/mol. The normalized spacial score (nSPS) is 25.6. The molecule has 0 radical (unpaired) electrons. The monoisotopic (exact) mass is 1520 g/mol. The van der Waals surface area contributed by atoms with Gasteiger partial charge in [-0.3, -0.25) is 62.3 Å². The molecule has 0 bridgehead atoms. The van der Waals surface area contributed by atoms with E-state index in [1.54, 1.807) is 46.4 Å². The zero-order valence-corrected chi connectivity index (χ0v) is 65.5. The van der Waals surface area contributed by atoms with Gasteiger partial charge in [-0.15, -0.1) is 0 Å². The van der Waals surface area contributed by atoms with Crippen molar-refractivity contribution in [1.29, 1.82) is 0 Å². The molecule has 0 aromatic heterocycles. The molecule has 106 heavy (non-hydrogen) atoms. The van der Waals surface area contributed by atoms with Crippen molar-refractivity contribution in [3.8, 4) is 0 Å². The van der Waals surface area contributed by atoms with Crippen LogP contribution in [0.2, 0.25) is 5.02 Å². The van der Waals surface area contributed by atoms with E-state index in [1.165, 1.54) is 59.1 Å². The van der Waals surface area contributed by atoms with E-state index in [4.69, 9.17) is 11.6 Å². The predicted octanol–water partition coefficient (Wildman–Crippen LogP) is 5.69. The molecule has 1 aromatic rings. The van der Waals surface area contributed by atoms with Crippen LogP contribution in [-0.4, -0.2) is 282 Å². The SMILES string of the molecule is CC[C@H](C)[C@@H]1NC(=O)[C@H](CC(C)C)N(C)C(=O)C[C@@H](C(=O)N2CCCCC2)N(C)C(=O)[C@@H](C(C)C)N(C)C(=O)[C@H](C(C)C)NC(=O)[C@H](CC(=O)N2CCC(F)(F)CC2)N(C)C(=O)[C@H](CCc2ccc(C(F)(F)F)c(Cl)c2)NC(=O)CN(C)C(=O)[C@H](CC2CCCCC2)N(C)C(=O)CN(C)C(=O)CN(C)C1=O. The van der Waals surface area contributed by atoms with Gasteiger partial charge in [-0.25, -0.2) is 8.78 Å². The van der Waals surface area contributed by atoms with Crippen LogP contribution in [0.4, 0.5) is 22.0 Å². The maximum Gasteiger partial charge on any atom is 0.417 e. The number of amides is 13. The third-order valence-corrected chi connectivity index (χ3v) is 21.7. The number of likely N-dealkylation sites (tertiary alicyclic amines) is 2. The Kier molecular flexibility index (Phi) is 33.0. The van der Waals surface area contributed by atoms with Gasteiger partial charge in [-0.2, -0.15) is 13.2 Å². The summed E-state index contributed by atoms with van der Waals surface area (Å²) in [5.74, 6) is -16.0. The first kappa shape index (κ1) is 88.9. The number of halogens is 6. The van der Waals surface area contributed by atoms with Crippen LogP contribution in [0.15, 0.2) is 18.2 Å². The molecule has 3 N–H and O–H groups in total. The summed E-state index contributed by atoms with van der Waals surface area (Å²) in [6, 6.07) is -8.98. The van der Waals surface area contributed by atoms with Crippen LogP contribution in [0.3, 0.4) is 0 Å². The minimum atomic E-state index is -4.85. The van der Waals surface area contributed by atoms with Crippen LogP contribution in [0.25, 0.3) is 0 Å². The number of hydrogen-bond acceptors (Lipinski definition) is 13. The van der Waals surface area contributed by atoms with Crippen LogP contribution in [0.1, 0.15) is 169 Å². The zero-order valence-electron chi connectivity index (χ0n) is 64.8. The molecule has 32 heteroatoms. The van der Waals surface area contributed by atoms with Crippen LogP contribution < -0.4 is 16.0 Å². The molecule has 9 atom stereocenters. The van der Waals surface area contributed by atoms with Crippen molar-refractivity contribution in [2.45, 2.75) is 225 Å². The van der Waals surface area contributed by atoms with Gasteiger partial charge in [0.1, 0.15) is 48.3 Å². The lowest BCUT2D eigenvalue weighted by atomic mass is 9.84. The summed E-state index contributed by atoms with van der Waals surface area (Å²) in [5.41, 5.74) is -0.995. The molecule has 0 spiro atoms. The number of piperidine rings is 2. The summed E-state index contributed by atoms with van der Waals surface area (Å²) in [6.07, 6.45) is -1.82. The average Bonchev–Trinajstić information content (AvgIpc) is 0.807. The molecule has 596 valence electrons. The maximum atomic E-state index is 15.4. The lowest BCUT2D eigenvalue weighted by molar-refractivity contribution is -0.155. The molecular formula is C74H115ClF5N13O13. The van der Waals surface area contributed by atoms with Crippen molar-refractivity contribution in [2.24, 2.45) is 29.6 Å². The van der Waals surface area contributed by atoms with Crippen molar-refractivity contribution in [2.75, 3.05) is 102 Å². The number of nitrogens with one attached hydrogen (secondary N) is 3. The summed E-state index contributed by atoms with van der Waals surface area (Å²) < 4.78 is 71.0. The van der Waals surface area contributed by atoms with E-state index in [0.717, 1.165) is 85.2 Å². The minimum absolute atomic E-state index is 0.0555. The van der Waals surface area contributed by atoms with Gasteiger partial charge in [-0.05, 0) is 92.2 Å². The minimum Gasteiger partial charge on any atom is -0.343 e. The lowest BCUT2D eigenvalue weighted by Gasteiger charge is -2.40. The molecule has 0 unspecified atom stereocenters. The Morgan fingerprint density at radius 1 is 0.575 bits per heavy atom. The Bertz CT molecular complexity index is 3290. The van der Waals surface area contributed by atoms with Gasteiger partial charge in [0, 0.05) is 95.4 Å². The molecular weight excluding hydrogens is 1410 g/mol. The molecule has 4 aliphatic rings. The third-order valence-electron chi connectivity index (χ3n) is 21.4. The van der Waals surface area contributed by atoms with Crippen molar-refractivity contribution >= 4 is 88.4 Å². The van der Waals surface area contributed by atoms with Gasteiger partial charge in [0.2, 0.25) is 76.8 Å². The van der Waals surface area contributed by atoms with Crippen molar-refractivity contribution in [1.82, 2.24) is 64.9 Å². The summed E-state index contributed by atoms with van der Waals surface area (Å²) in [7, 11) is 10.5. The number of alkyl halides is 5.